The summed E-state index contributed by atoms with van der Waals surface area (Å²) < 4.78 is 29.0. The van der Waals surface area contributed by atoms with E-state index in [1.54, 1.807) is 19.1 Å². The van der Waals surface area contributed by atoms with Crippen molar-refractivity contribution in [2.45, 2.75) is 30.8 Å². The lowest BCUT2D eigenvalue weighted by Crippen LogP contribution is -2.19. The smallest absolute Gasteiger partial charge is 0.303 e. The van der Waals surface area contributed by atoms with E-state index in [1.807, 2.05) is 0 Å². The summed E-state index contributed by atoms with van der Waals surface area (Å²) in [5, 5.41) is 8.58. The molecule has 19 heavy (non-hydrogen) atoms. The number of hydrogen-bond donors (Lipinski definition) is 1. The highest BCUT2D eigenvalue weighted by molar-refractivity contribution is 7.91. The first-order valence-electron chi connectivity index (χ1n) is 5.91. The van der Waals surface area contributed by atoms with Crippen molar-refractivity contribution in [1.82, 2.24) is 0 Å². The fourth-order valence-electron chi connectivity index (χ4n) is 1.59. The number of benzene rings is 1. The van der Waals surface area contributed by atoms with Gasteiger partial charge in [0.05, 0.1) is 16.8 Å². The van der Waals surface area contributed by atoms with E-state index in [0.29, 0.717) is 6.42 Å². The highest BCUT2D eigenvalue weighted by Crippen LogP contribution is 2.15. The standard InChI is InChI=1S/C13H18O5S/c1-10(18-2)9-19(16,17)12-6-3-11(4-7-12)5-8-13(14)15/h3-4,6-7,10H,5,8-9H2,1-2H3,(H,14,15). The summed E-state index contributed by atoms with van der Waals surface area (Å²) in [6, 6.07) is 6.31. The molecule has 1 aromatic rings. The molecule has 0 heterocycles. The number of carboxylic acids is 1. The summed E-state index contributed by atoms with van der Waals surface area (Å²) in [4.78, 5) is 10.7. The van der Waals surface area contributed by atoms with Gasteiger partial charge in [-0.25, -0.2) is 8.42 Å². The average molecular weight is 286 g/mol. The van der Waals surface area contributed by atoms with Gasteiger partial charge >= 0.3 is 5.97 Å². The largest absolute Gasteiger partial charge is 0.481 e. The Bertz CT molecular complexity index is 518. The zero-order valence-corrected chi connectivity index (χ0v) is 11.8. The van der Waals surface area contributed by atoms with E-state index in [1.165, 1.54) is 19.2 Å². The van der Waals surface area contributed by atoms with Crippen molar-refractivity contribution >= 4 is 15.8 Å². The second-order valence-electron chi connectivity index (χ2n) is 4.37. The summed E-state index contributed by atoms with van der Waals surface area (Å²) in [5.74, 6) is -0.941. The molecule has 0 radical (unpaired) electrons. The fraction of sp³-hybridized carbons (Fsp3) is 0.462. The number of ether oxygens (including phenoxy) is 1. The molecule has 0 aromatic heterocycles. The monoisotopic (exact) mass is 286 g/mol. The minimum atomic E-state index is -3.36. The topological polar surface area (TPSA) is 80.7 Å². The number of carbonyl (C=O) groups is 1. The van der Waals surface area contributed by atoms with Gasteiger partial charge in [-0.2, -0.15) is 0 Å². The molecule has 1 N–H and O–H groups in total. The van der Waals surface area contributed by atoms with Crippen LogP contribution < -0.4 is 0 Å². The maximum absolute atomic E-state index is 12.0. The van der Waals surface area contributed by atoms with Crippen LogP contribution in [0.15, 0.2) is 29.2 Å². The lowest BCUT2D eigenvalue weighted by atomic mass is 10.1. The minimum Gasteiger partial charge on any atom is -0.481 e. The van der Waals surface area contributed by atoms with Crippen molar-refractivity contribution in [3.63, 3.8) is 0 Å². The van der Waals surface area contributed by atoms with Crippen LogP contribution in [0.3, 0.4) is 0 Å². The quantitative estimate of drug-likeness (QED) is 0.821. The molecule has 106 valence electrons. The van der Waals surface area contributed by atoms with Crippen molar-refractivity contribution < 1.29 is 23.1 Å². The number of methoxy groups -OCH3 is 1. The summed E-state index contributed by atoms with van der Waals surface area (Å²) >= 11 is 0. The van der Waals surface area contributed by atoms with Crippen molar-refractivity contribution in [2.75, 3.05) is 12.9 Å². The first-order chi connectivity index (χ1) is 8.85. The highest BCUT2D eigenvalue weighted by atomic mass is 32.2. The Kier molecular flexibility index (Phi) is 5.50. The molecule has 0 saturated heterocycles. The van der Waals surface area contributed by atoms with Gasteiger partial charge in [0.15, 0.2) is 9.84 Å². The third-order valence-corrected chi connectivity index (χ3v) is 4.67. The first kappa shape index (κ1) is 15.7. The molecule has 0 fully saturated rings. The van der Waals surface area contributed by atoms with Gasteiger partial charge in [0.1, 0.15) is 0 Å². The fourth-order valence-corrected chi connectivity index (χ4v) is 3.09. The number of aryl methyl sites for hydroxylation is 1. The Morgan fingerprint density at radius 2 is 1.89 bits per heavy atom. The molecule has 0 aliphatic carbocycles. The molecule has 0 aliphatic heterocycles. The number of rotatable bonds is 7. The molecule has 5 nitrogen and oxygen atoms in total. The van der Waals surface area contributed by atoms with Crippen LogP contribution in [0.1, 0.15) is 18.9 Å². The molecule has 0 bridgehead atoms. The summed E-state index contributed by atoms with van der Waals surface area (Å²) in [6.07, 6.45) is 0.0633. The molecule has 1 aromatic carbocycles. The van der Waals surface area contributed by atoms with E-state index < -0.39 is 15.8 Å². The van der Waals surface area contributed by atoms with Crippen LogP contribution in [-0.2, 0) is 25.8 Å². The van der Waals surface area contributed by atoms with Crippen LogP contribution in [0, 0.1) is 0 Å². The zero-order valence-electron chi connectivity index (χ0n) is 11.0. The van der Waals surface area contributed by atoms with E-state index >= 15 is 0 Å². The molecule has 1 atom stereocenters. The Balaban J connectivity index is 2.77. The van der Waals surface area contributed by atoms with Gasteiger partial charge in [0.2, 0.25) is 0 Å². The van der Waals surface area contributed by atoms with Gasteiger partial charge in [-0.3, -0.25) is 4.79 Å². The van der Waals surface area contributed by atoms with Gasteiger partial charge < -0.3 is 9.84 Å². The van der Waals surface area contributed by atoms with E-state index in [2.05, 4.69) is 0 Å². The SMILES string of the molecule is COC(C)CS(=O)(=O)c1ccc(CCC(=O)O)cc1. The third kappa shape index (κ3) is 5.00. The number of hydrogen-bond acceptors (Lipinski definition) is 4. The lowest BCUT2D eigenvalue weighted by Gasteiger charge is -2.10. The van der Waals surface area contributed by atoms with Crippen molar-refractivity contribution in [2.24, 2.45) is 0 Å². The number of carboxylic acid groups (broad SMARTS) is 1. The van der Waals surface area contributed by atoms with Gasteiger partial charge in [0, 0.05) is 13.5 Å². The molecule has 6 heteroatoms. The Morgan fingerprint density at radius 1 is 1.32 bits per heavy atom. The predicted molar refractivity (Wildman–Crippen MR) is 70.9 cm³/mol. The third-order valence-electron chi connectivity index (χ3n) is 2.77. The van der Waals surface area contributed by atoms with E-state index in [0.717, 1.165) is 5.56 Å². The summed E-state index contributed by atoms with van der Waals surface area (Å²) in [5.41, 5.74) is 0.807. The van der Waals surface area contributed by atoms with Gasteiger partial charge in [0.25, 0.3) is 0 Å². The van der Waals surface area contributed by atoms with Crippen molar-refractivity contribution in [1.29, 1.82) is 0 Å². The van der Waals surface area contributed by atoms with E-state index in [-0.39, 0.29) is 23.2 Å². The van der Waals surface area contributed by atoms with Gasteiger partial charge in [-0.1, -0.05) is 12.1 Å². The van der Waals surface area contributed by atoms with Crippen LogP contribution in [0.5, 0.6) is 0 Å². The first-order valence-corrected chi connectivity index (χ1v) is 7.56. The predicted octanol–water partition coefficient (Wildman–Crippen LogP) is 1.51. The molecule has 1 unspecified atom stereocenters. The van der Waals surface area contributed by atoms with Crippen molar-refractivity contribution in [3.8, 4) is 0 Å². The molecule has 0 aliphatic rings. The normalized spacial score (nSPS) is 13.2. The van der Waals surface area contributed by atoms with Crippen LogP contribution in [0.25, 0.3) is 0 Å². The molecular formula is C13H18O5S. The van der Waals surface area contributed by atoms with Gasteiger partial charge in [-0.05, 0) is 31.0 Å². The summed E-state index contributed by atoms with van der Waals surface area (Å²) in [7, 11) is -1.89. The second kappa shape index (κ2) is 6.68. The highest BCUT2D eigenvalue weighted by Gasteiger charge is 2.18. The molecular weight excluding hydrogens is 268 g/mol. The van der Waals surface area contributed by atoms with Crippen LogP contribution in [0.2, 0.25) is 0 Å². The molecule has 1 rings (SSSR count). The van der Waals surface area contributed by atoms with Crippen LogP contribution in [0.4, 0.5) is 0 Å². The van der Waals surface area contributed by atoms with E-state index in [4.69, 9.17) is 9.84 Å². The Morgan fingerprint density at radius 3 is 2.37 bits per heavy atom. The molecule has 0 spiro atoms. The lowest BCUT2D eigenvalue weighted by molar-refractivity contribution is -0.136. The van der Waals surface area contributed by atoms with Crippen LogP contribution in [-0.4, -0.2) is 38.5 Å². The Labute approximate surface area is 113 Å². The summed E-state index contributed by atoms with van der Waals surface area (Å²) in [6.45, 7) is 1.69. The molecule has 0 amide bonds. The minimum absolute atomic E-state index is 0.0345. The second-order valence-corrected chi connectivity index (χ2v) is 6.40. The Hall–Kier alpha value is -1.40. The zero-order chi connectivity index (χ0) is 14.5. The van der Waals surface area contributed by atoms with E-state index in [9.17, 15) is 13.2 Å². The molecule has 0 saturated carbocycles. The number of aliphatic carboxylic acids is 1. The maximum Gasteiger partial charge on any atom is 0.303 e. The number of sulfone groups is 1. The van der Waals surface area contributed by atoms with Crippen molar-refractivity contribution in [3.05, 3.63) is 29.8 Å². The average Bonchev–Trinajstić information content (AvgIpc) is 2.36. The van der Waals surface area contributed by atoms with Gasteiger partial charge in [-0.15, -0.1) is 0 Å². The van der Waals surface area contributed by atoms with Crippen LogP contribution >= 0.6 is 0 Å². The maximum atomic E-state index is 12.0.